The molecule has 1 saturated carbocycles. The molecule has 14 heavy (non-hydrogen) atoms. The Kier molecular flexibility index (Phi) is 3.06. The highest BCUT2D eigenvalue weighted by atomic mass is 16.5. The summed E-state index contributed by atoms with van der Waals surface area (Å²) in [5.74, 6) is 1.38. The van der Waals surface area contributed by atoms with E-state index in [4.69, 9.17) is 4.74 Å². The lowest BCUT2D eigenvalue weighted by molar-refractivity contribution is -0.149. The van der Waals surface area contributed by atoms with Crippen molar-refractivity contribution >= 4 is 5.97 Å². The van der Waals surface area contributed by atoms with Crippen molar-refractivity contribution in [3.8, 4) is 0 Å². The van der Waals surface area contributed by atoms with Crippen molar-refractivity contribution in [1.82, 2.24) is 5.32 Å². The molecule has 0 aromatic rings. The van der Waals surface area contributed by atoms with Crippen LogP contribution in [0.5, 0.6) is 0 Å². The summed E-state index contributed by atoms with van der Waals surface area (Å²) in [5, 5.41) is 3.21. The number of ether oxygens (including phenoxy) is 1. The van der Waals surface area contributed by atoms with E-state index in [0.29, 0.717) is 12.5 Å². The monoisotopic (exact) mass is 197 g/mol. The highest BCUT2D eigenvalue weighted by Gasteiger charge is 2.31. The van der Waals surface area contributed by atoms with Crippen LogP contribution in [0.25, 0.3) is 0 Å². The smallest absolute Gasteiger partial charge is 0.310 e. The second kappa shape index (κ2) is 4.30. The minimum absolute atomic E-state index is 0.00292. The Labute approximate surface area is 85.2 Å². The normalized spacial score (nSPS) is 31.8. The molecule has 1 heterocycles. The summed E-state index contributed by atoms with van der Waals surface area (Å²) in [4.78, 5) is 11.6. The minimum atomic E-state index is 0.00292. The quantitative estimate of drug-likeness (QED) is 0.688. The molecule has 0 aromatic carbocycles. The fourth-order valence-electron chi connectivity index (χ4n) is 1.97. The van der Waals surface area contributed by atoms with E-state index in [-0.39, 0.29) is 11.9 Å². The highest BCUT2D eigenvalue weighted by molar-refractivity contribution is 5.73. The highest BCUT2D eigenvalue weighted by Crippen LogP contribution is 2.32. The van der Waals surface area contributed by atoms with Crippen LogP contribution in [0.15, 0.2) is 0 Å². The van der Waals surface area contributed by atoms with Gasteiger partial charge in [0.25, 0.3) is 0 Å². The van der Waals surface area contributed by atoms with Crippen molar-refractivity contribution in [3.05, 3.63) is 0 Å². The van der Waals surface area contributed by atoms with Crippen LogP contribution in [0.4, 0.5) is 0 Å². The zero-order chi connectivity index (χ0) is 9.97. The van der Waals surface area contributed by atoms with Crippen LogP contribution in [-0.4, -0.2) is 25.7 Å². The molecule has 1 saturated heterocycles. The van der Waals surface area contributed by atoms with Gasteiger partial charge < -0.3 is 10.1 Å². The van der Waals surface area contributed by atoms with Crippen molar-refractivity contribution in [2.45, 2.75) is 26.2 Å². The number of hydrogen-bond donors (Lipinski definition) is 1. The van der Waals surface area contributed by atoms with Crippen LogP contribution in [0, 0.1) is 17.8 Å². The van der Waals surface area contributed by atoms with Gasteiger partial charge in [0.05, 0.1) is 12.5 Å². The minimum Gasteiger partial charge on any atom is -0.465 e. The van der Waals surface area contributed by atoms with Gasteiger partial charge in [-0.15, -0.1) is 0 Å². The number of nitrogens with one attached hydrogen (secondary N) is 1. The summed E-state index contributed by atoms with van der Waals surface area (Å²) in [7, 11) is 0. The van der Waals surface area contributed by atoms with Gasteiger partial charge in [0, 0.05) is 6.54 Å². The molecule has 0 bridgehead atoms. The fraction of sp³-hybridized carbons (Fsp3) is 0.909. The molecule has 0 aromatic heterocycles. The lowest BCUT2D eigenvalue weighted by Gasteiger charge is -2.12. The molecular formula is C11H19NO2. The molecule has 80 valence electrons. The Balaban J connectivity index is 1.65. The molecule has 0 radical (unpaired) electrons. The Morgan fingerprint density at radius 2 is 2.21 bits per heavy atom. The van der Waals surface area contributed by atoms with Gasteiger partial charge in [0.2, 0.25) is 0 Å². The zero-order valence-corrected chi connectivity index (χ0v) is 8.79. The van der Waals surface area contributed by atoms with E-state index >= 15 is 0 Å². The SMILES string of the molecule is CC1CNCC1C(=O)OCCC1CC1. The molecule has 2 fully saturated rings. The summed E-state index contributed by atoms with van der Waals surface area (Å²) in [6, 6.07) is 0. The average molecular weight is 197 g/mol. The third-order valence-electron chi connectivity index (χ3n) is 3.29. The summed E-state index contributed by atoms with van der Waals surface area (Å²) >= 11 is 0. The first-order chi connectivity index (χ1) is 6.77. The molecule has 0 amide bonds. The van der Waals surface area contributed by atoms with E-state index in [2.05, 4.69) is 12.2 Å². The number of carbonyl (C=O) groups excluding carboxylic acids is 1. The third-order valence-corrected chi connectivity index (χ3v) is 3.29. The molecule has 2 aliphatic rings. The van der Waals surface area contributed by atoms with Crippen LogP contribution in [0.2, 0.25) is 0 Å². The van der Waals surface area contributed by atoms with Crippen LogP contribution in [0.1, 0.15) is 26.2 Å². The second-order valence-electron chi connectivity index (χ2n) is 4.64. The maximum absolute atomic E-state index is 11.6. The van der Waals surface area contributed by atoms with Gasteiger partial charge in [-0.1, -0.05) is 19.8 Å². The molecule has 3 heteroatoms. The summed E-state index contributed by atoms with van der Waals surface area (Å²) in [5.41, 5.74) is 0. The Hall–Kier alpha value is -0.570. The predicted octanol–water partition coefficient (Wildman–Crippen LogP) is 1.19. The largest absolute Gasteiger partial charge is 0.465 e. The van der Waals surface area contributed by atoms with Crippen LogP contribution < -0.4 is 5.32 Å². The van der Waals surface area contributed by atoms with Crippen molar-refractivity contribution in [2.75, 3.05) is 19.7 Å². The van der Waals surface area contributed by atoms with Gasteiger partial charge in [-0.05, 0) is 24.8 Å². The van der Waals surface area contributed by atoms with E-state index in [1.807, 2.05) is 0 Å². The van der Waals surface area contributed by atoms with Gasteiger partial charge >= 0.3 is 5.97 Å². The first kappa shape index (κ1) is 9.97. The number of carbonyl (C=O) groups is 1. The standard InChI is InChI=1S/C11H19NO2/c1-8-6-12-7-10(8)11(13)14-5-4-9-2-3-9/h8-10,12H,2-7H2,1H3. The Morgan fingerprint density at radius 3 is 2.79 bits per heavy atom. The van der Waals surface area contributed by atoms with Crippen molar-refractivity contribution < 1.29 is 9.53 Å². The maximum atomic E-state index is 11.6. The van der Waals surface area contributed by atoms with Crippen LogP contribution >= 0.6 is 0 Å². The van der Waals surface area contributed by atoms with Crippen molar-refractivity contribution in [3.63, 3.8) is 0 Å². The maximum Gasteiger partial charge on any atom is 0.310 e. The number of esters is 1. The van der Waals surface area contributed by atoms with E-state index in [9.17, 15) is 4.79 Å². The molecule has 1 aliphatic heterocycles. The summed E-state index contributed by atoms with van der Waals surface area (Å²) < 4.78 is 5.27. The fourth-order valence-corrected chi connectivity index (χ4v) is 1.97. The van der Waals surface area contributed by atoms with E-state index in [0.717, 1.165) is 25.4 Å². The first-order valence-electron chi connectivity index (χ1n) is 5.64. The predicted molar refractivity (Wildman–Crippen MR) is 53.8 cm³/mol. The van der Waals surface area contributed by atoms with Crippen molar-refractivity contribution in [2.24, 2.45) is 17.8 Å². The van der Waals surface area contributed by atoms with Crippen molar-refractivity contribution in [1.29, 1.82) is 0 Å². The van der Waals surface area contributed by atoms with Gasteiger partial charge in [-0.25, -0.2) is 0 Å². The van der Waals surface area contributed by atoms with Gasteiger partial charge in [-0.2, -0.15) is 0 Å². The molecule has 1 N–H and O–H groups in total. The lowest BCUT2D eigenvalue weighted by atomic mass is 9.99. The van der Waals surface area contributed by atoms with E-state index < -0.39 is 0 Å². The molecule has 1 aliphatic carbocycles. The van der Waals surface area contributed by atoms with E-state index in [1.165, 1.54) is 12.8 Å². The zero-order valence-electron chi connectivity index (χ0n) is 8.79. The van der Waals surface area contributed by atoms with E-state index in [1.54, 1.807) is 0 Å². The molecule has 2 unspecified atom stereocenters. The Morgan fingerprint density at radius 1 is 1.43 bits per heavy atom. The van der Waals surface area contributed by atoms with Crippen LogP contribution in [-0.2, 0) is 9.53 Å². The molecule has 0 spiro atoms. The number of hydrogen-bond acceptors (Lipinski definition) is 3. The third kappa shape index (κ3) is 2.47. The lowest BCUT2D eigenvalue weighted by Crippen LogP contribution is -2.24. The first-order valence-corrected chi connectivity index (χ1v) is 5.64. The molecular weight excluding hydrogens is 178 g/mol. The Bertz CT molecular complexity index is 213. The summed E-state index contributed by atoms with van der Waals surface area (Å²) in [6.07, 6.45) is 3.73. The topological polar surface area (TPSA) is 38.3 Å². The number of rotatable bonds is 4. The molecule has 2 rings (SSSR count). The van der Waals surface area contributed by atoms with Gasteiger partial charge in [0.15, 0.2) is 0 Å². The average Bonchev–Trinajstić information content (AvgIpc) is 2.87. The van der Waals surface area contributed by atoms with Gasteiger partial charge in [0.1, 0.15) is 0 Å². The molecule has 3 nitrogen and oxygen atoms in total. The second-order valence-corrected chi connectivity index (χ2v) is 4.64. The van der Waals surface area contributed by atoms with Gasteiger partial charge in [-0.3, -0.25) is 4.79 Å². The molecule has 2 atom stereocenters. The van der Waals surface area contributed by atoms with Crippen LogP contribution in [0.3, 0.4) is 0 Å². The summed E-state index contributed by atoms with van der Waals surface area (Å²) in [6.45, 7) is 4.48.